The highest BCUT2D eigenvalue weighted by molar-refractivity contribution is 5.12. The first kappa shape index (κ1) is 11.1. The molecule has 0 aliphatic carbocycles. The van der Waals surface area contributed by atoms with Crippen LogP contribution in [0.5, 0.6) is 0 Å². The Bertz CT molecular complexity index is 244. The lowest BCUT2D eigenvalue weighted by atomic mass is 9.90. The summed E-state index contributed by atoms with van der Waals surface area (Å²) in [7, 11) is 2.00. The molecule has 1 rings (SSSR count). The van der Waals surface area contributed by atoms with Crippen LogP contribution in [0.2, 0.25) is 0 Å². The average Bonchev–Trinajstić information content (AvgIpc) is 2.27. The van der Waals surface area contributed by atoms with Gasteiger partial charge in [-0.05, 0) is 24.6 Å². The summed E-state index contributed by atoms with van der Waals surface area (Å²) in [5.74, 6) is 0.671. The molecule has 1 aromatic heterocycles. The van der Waals surface area contributed by atoms with E-state index in [1.165, 1.54) is 18.4 Å². The molecular formula is C11H19N3. The van der Waals surface area contributed by atoms with Crippen molar-refractivity contribution >= 4 is 0 Å². The molecule has 0 aromatic carbocycles. The summed E-state index contributed by atoms with van der Waals surface area (Å²) >= 11 is 0. The van der Waals surface area contributed by atoms with Crippen LogP contribution >= 0.6 is 0 Å². The van der Waals surface area contributed by atoms with E-state index < -0.39 is 0 Å². The highest BCUT2D eigenvalue weighted by atomic mass is 15.1. The van der Waals surface area contributed by atoms with Crippen LogP contribution in [0.25, 0.3) is 0 Å². The number of hydrogen-bond acceptors (Lipinski definition) is 3. The number of aromatic nitrogens is 2. The van der Waals surface area contributed by atoms with Crippen LogP contribution in [-0.4, -0.2) is 17.2 Å². The number of rotatable bonds is 5. The summed E-state index contributed by atoms with van der Waals surface area (Å²) in [5.41, 5.74) is 1.23. The zero-order chi connectivity index (χ0) is 10.4. The third kappa shape index (κ3) is 2.51. The molecule has 14 heavy (non-hydrogen) atoms. The molecule has 1 atom stereocenters. The van der Waals surface area contributed by atoms with Gasteiger partial charge >= 0.3 is 0 Å². The molecule has 3 nitrogen and oxygen atoms in total. The fraction of sp³-hybridized carbons (Fsp3) is 0.636. The van der Waals surface area contributed by atoms with Crippen molar-refractivity contribution in [3.8, 4) is 0 Å². The van der Waals surface area contributed by atoms with E-state index in [-0.39, 0.29) is 0 Å². The molecule has 1 unspecified atom stereocenters. The fourth-order valence-electron chi connectivity index (χ4n) is 1.92. The normalized spacial score (nSPS) is 13.1. The molecule has 0 saturated carbocycles. The maximum absolute atomic E-state index is 3.91. The third-order valence-electron chi connectivity index (χ3n) is 2.80. The van der Waals surface area contributed by atoms with E-state index >= 15 is 0 Å². The summed E-state index contributed by atoms with van der Waals surface area (Å²) in [6.45, 7) is 4.46. The van der Waals surface area contributed by atoms with Gasteiger partial charge in [-0.25, -0.2) is 0 Å². The van der Waals surface area contributed by atoms with Gasteiger partial charge in [0.25, 0.3) is 0 Å². The second-order valence-corrected chi connectivity index (χ2v) is 3.52. The van der Waals surface area contributed by atoms with Crippen molar-refractivity contribution in [1.29, 1.82) is 0 Å². The van der Waals surface area contributed by atoms with Crippen LogP contribution in [-0.2, 0) is 0 Å². The molecule has 0 aliphatic rings. The van der Waals surface area contributed by atoms with Crippen molar-refractivity contribution < 1.29 is 0 Å². The second kappa shape index (κ2) is 5.70. The summed E-state index contributed by atoms with van der Waals surface area (Å²) in [4.78, 5) is 0. The Morgan fingerprint density at radius 3 is 2.43 bits per heavy atom. The van der Waals surface area contributed by atoms with Crippen molar-refractivity contribution in [2.45, 2.75) is 32.7 Å². The largest absolute Gasteiger partial charge is 0.313 e. The lowest BCUT2D eigenvalue weighted by Crippen LogP contribution is -2.24. The number of hydrogen-bond donors (Lipinski definition) is 1. The Kier molecular flexibility index (Phi) is 4.53. The molecule has 0 spiro atoms. The molecule has 0 fully saturated rings. The summed E-state index contributed by atoms with van der Waals surface area (Å²) < 4.78 is 0. The molecule has 1 N–H and O–H groups in total. The van der Waals surface area contributed by atoms with Gasteiger partial charge in [0.05, 0.1) is 6.20 Å². The zero-order valence-electron chi connectivity index (χ0n) is 9.20. The Balaban J connectivity index is 2.81. The minimum atomic E-state index is 0.403. The SMILES string of the molecule is CCC(CC)C(NC)c1ccnnc1. The molecule has 0 saturated heterocycles. The fourth-order valence-corrected chi connectivity index (χ4v) is 1.92. The highest BCUT2D eigenvalue weighted by Crippen LogP contribution is 2.25. The first-order chi connectivity index (χ1) is 6.83. The monoisotopic (exact) mass is 193 g/mol. The van der Waals surface area contributed by atoms with Crippen molar-refractivity contribution in [2.75, 3.05) is 7.05 Å². The molecule has 0 amide bonds. The summed E-state index contributed by atoms with van der Waals surface area (Å²) in [6.07, 6.45) is 5.97. The van der Waals surface area contributed by atoms with E-state index in [4.69, 9.17) is 0 Å². The lowest BCUT2D eigenvalue weighted by Gasteiger charge is -2.24. The Hall–Kier alpha value is -0.960. The van der Waals surface area contributed by atoms with Crippen LogP contribution in [0.4, 0.5) is 0 Å². The summed E-state index contributed by atoms with van der Waals surface area (Å²) in [6, 6.07) is 2.44. The van der Waals surface area contributed by atoms with E-state index in [2.05, 4.69) is 29.4 Å². The van der Waals surface area contributed by atoms with Gasteiger partial charge in [0.2, 0.25) is 0 Å². The van der Waals surface area contributed by atoms with Crippen LogP contribution in [0.15, 0.2) is 18.5 Å². The van der Waals surface area contributed by atoms with Crippen LogP contribution in [0, 0.1) is 5.92 Å². The summed E-state index contributed by atoms with van der Waals surface area (Å²) in [5, 5.41) is 11.1. The topological polar surface area (TPSA) is 37.8 Å². The predicted octanol–water partition coefficient (Wildman–Crippen LogP) is 2.17. The van der Waals surface area contributed by atoms with Gasteiger partial charge in [0.1, 0.15) is 0 Å². The minimum Gasteiger partial charge on any atom is -0.313 e. The number of nitrogens with zero attached hydrogens (tertiary/aromatic N) is 2. The Morgan fingerprint density at radius 1 is 1.29 bits per heavy atom. The first-order valence-electron chi connectivity index (χ1n) is 5.27. The van der Waals surface area contributed by atoms with Crippen molar-refractivity contribution in [2.24, 2.45) is 5.92 Å². The third-order valence-corrected chi connectivity index (χ3v) is 2.80. The molecule has 0 bridgehead atoms. The second-order valence-electron chi connectivity index (χ2n) is 3.52. The van der Waals surface area contributed by atoms with Crippen LogP contribution < -0.4 is 5.32 Å². The molecule has 78 valence electrons. The van der Waals surface area contributed by atoms with Gasteiger partial charge in [-0.2, -0.15) is 10.2 Å². The minimum absolute atomic E-state index is 0.403. The quantitative estimate of drug-likeness (QED) is 0.778. The van der Waals surface area contributed by atoms with E-state index in [1.54, 1.807) is 6.20 Å². The van der Waals surface area contributed by atoms with Gasteiger partial charge in [0.15, 0.2) is 0 Å². The Labute approximate surface area is 85.9 Å². The lowest BCUT2D eigenvalue weighted by molar-refractivity contribution is 0.358. The molecular weight excluding hydrogens is 174 g/mol. The molecule has 0 aliphatic heterocycles. The highest BCUT2D eigenvalue weighted by Gasteiger charge is 2.18. The van der Waals surface area contributed by atoms with Gasteiger partial charge in [-0.3, -0.25) is 0 Å². The average molecular weight is 193 g/mol. The maximum atomic E-state index is 3.91. The number of nitrogens with one attached hydrogen (secondary N) is 1. The van der Waals surface area contributed by atoms with Gasteiger partial charge in [-0.15, -0.1) is 0 Å². The van der Waals surface area contributed by atoms with Gasteiger partial charge < -0.3 is 5.32 Å². The predicted molar refractivity (Wildman–Crippen MR) is 57.9 cm³/mol. The van der Waals surface area contributed by atoms with Crippen LogP contribution in [0.1, 0.15) is 38.3 Å². The van der Waals surface area contributed by atoms with E-state index in [0.717, 1.165) is 0 Å². The molecule has 0 radical (unpaired) electrons. The zero-order valence-corrected chi connectivity index (χ0v) is 9.20. The van der Waals surface area contributed by atoms with E-state index in [9.17, 15) is 0 Å². The molecule has 1 heterocycles. The van der Waals surface area contributed by atoms with E-state index in [1.807, 2.05) is 19.3 Å². The maximum Gasteiger partial charge on any atom is 0.0544 e. The smallest absolute Gasteiger partial charge is 0.0544 e. The van der Waals surface area contributed by atoms with Gasteiger partial charge in [0, 0.05) is 12.2 Å². The Morgan fingerprint density at radius 2 is 2.00 bits per heavy atom. The van der Waals surface area contributed by atoms with E-state index in [0.29, 0.717) is 12.0 Å². The van der Waals surface area contributed by atoms with Crippen molar-refractivity contribution in [1.82, 2.24) is 15.5 Å². The van der Waals surface area contributed by atoms with Crippen molar-refractivity contribution in [3.63, 3.8) is 0 Å². The molecule has 3 heteroatoms. The first-order valence-corrected chi connectivity index (χ1v) is 5.27. The molecule has 1 aromatic rings. The standard InChI is InChI=1S/C11H19N3/c1-4-9(5-2)11(12-3)10-6-7-13-14-8-10/h6-9,11-12H,4-5H2,1-3H3. The van der Waals surface area contributed by atoms with Gasteiger partial charge in [-0.1, -0.05) is 26.7 Å². The van der Waals surface area contributed by atoms with Crippen LogP contribution in [0.3, 0.4) is 0 Å². The van der Waals surface area contributed by atoms with Crippen molar-refractivity contribution in [3.05, 3.63) is 24.0 Å².